The molecule has 3 fully saturated rings. The highest BCUT2D eigenvalue weighted by molar-refractivity contribution is 5.88. The summed E-state index contributed by atoms with van der Waals surface area (Å²) in [5, 5.41) is 25.4. The zero-order chi connectivity index (χ0) is 15.3. The number of aliphatic hydroxyl groups is 2. The van der Waals surface area contributed by atoms with Crippen LogP contribution in [0.5, 0.6) is 0 Å². The fraction of sp³-hybridized carbons (Fsp3) is 0.706. The van der Waals surface area contributed by atoms with E-state index in [4.69, 9.17) is 4.74 Å². The molecule has 0 aromatic heterocycles. The molecule has 5 heteroatoms. The van der Waals surface area contributed by atoms with Crippen LogP contribution < -0.4 is 5.32 Å². The number of allylic oxidation sites excluding steroid dienone is 2. The Morgan fingerprint density at radius 3 is 2.95 bits per heavy atom. The van der Waals surface area contributed by atoms with Gasteiger partial charge in [0.2, 0.25) is 0 Å². The number of aliphatic hydroxyl groups excluding tert-OH is 1. The molecule has 0 aromatic carbocycles. The van der Waals surface area contributed by atoms with E-state index in [9.17, 15) is 15.0 Å². The van der Waals surface area contributed by atoms with Crippen molar-refractivity contribution in [1.29, 1.82) is 0 Å². The highest BCUT2D eigenvalue weighted by Gasteiger charge is 2.73. The summed E-state index contributed by atoms with van der Waals surface area (Å²) >= 11 is 0. The Morgan fingerprint density at radius 2 is 2.14 bits per heavy atom. The lowest BCUT2D eigenvalue weighted by Crippen LogP contribution is -2.73. The number of hydrogen-bond donors (Lipinski definition) is 3. The molecule has 5 unspecified atom stereocenters. The zero-order valence-corrected chi connectivity index (χ0v) is 12.7. The van der Waals surface area contributed by atoms with Crippen LogP contribution in [0.25, 0.3) is 0 Å². The SMILES string of the molecule is CC1CC(O)=C2OC3C(=O)CCC4(O)C5CC1=C2C34CCN5. The van der Waals surface area contributed by atoms with E-state index in [1.807, 2.05) is 0 Å². The number of hydrogen-bond acceptors (Lipinski definition) is 5. The van der Waals surface area contributed by atoms with Crippen molar-refractivity contribution in [3.05, 3.63) is 22.7 Å². The van der Waals surface area contributed by atoms with Gasteiger partial charge < -0.3 is 20.3 Å². The average molecular weight is 303 g/mol. The molecule has 22 heavy (non-hydrogen) atoms. The van der Waals surface area contributed by atoms with E-state index in [0.717, 1.165) is 18.5 Å². The van der Waals surface area contributed by atoms with Crippen LogP contribution in [0.2, 0.25) is 0 Å². The molecule has 5 rings (SSSR count). The van der Waals surface area contributed by atoms with Crippen molar-refractivity contribution >= 4 is 5.78 Å². The summed E-state index contributed by atoms with van der Waals surface area (Å²) < 4.78 is 6.00. The lowest BCUT2D eigenvalue weighted by Gasteiger charge is -2.60. The van der Waals surface area contributed by atoms with Crippen molar-refractivity contribution in [2.45, 2.75) is 56.8 Å². The molecule has 2 saturated heterocycles. The van der Waals surface area contributed by atoms with E-state index in [0.29, 0.717) is 31.4 Å². The summed E-state index contributed by atoms with van der Waals surface area (Å²) in [5.41, 5.74) is 0.653. The molecule has 0 amide bonds. The Morgan fingerprint density at radius 1 is 1.32 bits per heavy atom. The molecule has 5 atom stereocenters. The predicted octanol–water partition coefficient (Wildman–Crippen LogP) is 1.34. The number of piperidine rings is 1. The van der Waals surface area contributed by atoms with Gasteiger partial charge in [0.1, 0.15) is 5.76 Å². The van der Waals surface area contributed by atoms with E-state index in [-0.39, 0.29) is 23.5 Å². The Balaban J connectivity index is 1.86. The molecule has 1 saturated carbocycles. The first-order chi connectivity index (χ1) is 10.5. The molecule has 2 bridgehead atoms. The van der Waals surface area contributed by atoms with Crippen molar-refractivity contribution < 1.29 is 19.7 Å². The molecule has 3 aliphatic carbocycles. The minimum atomic E-state index is -0.943. The number of ether oxygens (including phenoxy) is 1. The van der Waals surface area contributed by atoms with Crippen LogP contribution in [0.3, 0.4) is 0 Å². The van der Waals surface area contributed by atoms with Crippen molar-refractivity contribution in [3.8, 4) is 0 Å². The lowest BCUT2D eigenvalue weighted by atomic mass is 9.48. The zero-order valence-electron chi connectivity index (χ0n) is 12.7. The molecule has 2 heterocycles. The van der Waals surface area contributed by atoms with Gasteiger partial charge in [-0.2, -0.15) is 0 Å². The van der Waals surface area contributed by atoms with Crippen LogP contribution in [0, 0.1) is 11.3 Å². The molecule has 0 aromatic rings. The maximum Gasteiger partial charge on any atom is 0.174 e. The van der Waals surface area contributed by atoms with Crippen LogP contribution in [0.15, 0.2) is 22.7 Å². The Bertz CT molecular complexity index is 666. The van der Waals surface area contributed by atoms with Gasteiger partial charge in [0.05, 0.1) is 11.0 Å². The fourth-order valence-corrected chi connectivity index (χ4v) is 5.79. The van der Waals surface area contributed by atoms with Crippen LogP contribution in [-0.2, 0) is 9.53 Å². The number of Topliss-reactive ketones (excluding diaryl/α,β-unsaturated/α-hetero) is 1. The predicted molar refractivity (Wildman–Crippen MR) is 78.0 cm³/mol. The summed E-state index contributed by atoms with van der Waals surface area (Å²) in [4.78, 5) is 12.5. The van der Waals surface area contributed by atoms with Gasteiger partial charge in [0, 0.05) is 24.5 Å². The molecule has 2 aliphatic heterocycles. The molecular weight excluding hydrogens is 282 g/mol. The Labute approximate surface area is 129 Å². The molecular formula is C17H21NO4. The van der Waals surface area contributed by atoms with Crippen LogP contribution in [0.4, 0.5) is 0 Å². The third-order valence-corrected chi connectivity index (χ3v) is 6.76. The summed E-state index contributed by atoms with van der Waals surface area (Å²) in [6.07, 6.45) is 2.27. The normalized spacial score (nSPS) is 49.2. The van der Waals surface area contributed by atoms with Crippen molar-refractivity contribution in [1.82, 2.24) is 5.32 Å². The standard InChI is InChI=1S/C17H21NO4/c1-8-6-11(20)14-13-9(8)7-12-17(21)3-2-10(19)15(22-14)16(13,17)4-5-18-12/h8,12,15,18,20-21H,2-7H2,1H3. The summed E-state index contributed by atoms with van der Waals surface area (Å²) in [7, 11) is 0. The van der Waals surface area contributed by atoms with E-state index < -0.39 is 17.1 Å². The van der Waals surface area contributed by atoms with Gasteiger partial charge in [-0.15, -0.1) is 0 Å². The first-order valence-corrected chi connectivity index (χ1v) is 8.30. The Hall–Kier alpha value is -1.33. The van der Waals surface area contributed by atoms with Gasteiger partial charge in [0.25, 0.3) is 0 Å². The highest BCUT2D eigenvalue weighted by atomic mass is 16.5. The quantitative estimate of drug-likeness (QED) is 0.629. The smallest absolute Gasteiger partial charge is 0.174 e. The summed E-state index contributed by atoms with van der Waals surface area (Å²) in [6, 6.07) is -0.0127. The number of ketones is 1. The van der Waals surface area contributed by atoms with Crippen molar-refractivity contribution in [2.24, 2.45) is 11.3 Å². The van der Waals surface area contributed by atoms with Crippen LogP contribution >= 0.6 is 0 Å². The summed E-state index contributed by atoms with van der Waals surface area (Å²) in [6.45, 7) is 2.89. The number of carbonyl (C=O) groups is 1. The first kappa shape index (κ1) is 13.1. The molecule has 0 radical (unpaired) electrons. The van der Waals surface area contributed by atoms with Crippen molar-refractivity contribution in [2.75, 3.05) is 6.54 Å². The third kappa shape index (κ3) is 1.17. The fourth-order valence-electron chi connectivity index (χ4n) is 5.79. The lowest BCUT2D eigenvalue weighted by molar-refractivity contribution is -0.182. The van der Waals surface area contributed by atoms with Crippen LogP contribution in [-0.4, -0.2) is 40.3 Å². The van der Waals surface area contributed by atoms with E-state index in [1.54, 1.807) is 0 Å². The number of nitrogens with one attached hydrogen (secondary N) is 1. The molecule has 1 spiro atoms. The van der Waals surface area contributed by atoms with Gasteiger partial charge in [0.15, 0.2) is 17.6 Å². The minimum absolute atomic E-state index is 0.0127. The van der Waals surface area contributed by atoms with Gasteiger partial charge in [-0.25, -0.2) is 0 Å². The average Bonchev–Trinajstić information content (AvgIpc) is 2.80. The van der Waals surface area contributed by atoms with Gasteiger partial charge in [-0.05, 0) is 31.7 Å². The maximum atomic E-state index is 12.5. The topological polar surface area (TPSA) is 78.8 Å². The van der Waals surface area contributed by atoms with E-state index in [2.05, 4.69) is 12.2 Å². The molecule has 3 N–H and O–H groups in total. The Kier molecular flexibility index (Phi) is 2.25. The van der Waals surface area contributed by atoms with Crippen molar-refractivity contribution in [3.63, 3.8) is 0 Å². The second-order valence-electron chi connectivity index (χ2n) is 7.60. The number of carbonyl (C=O) groups excluding carboxylic acids is 1. The monoisotopic (exact) mass is 303 g/mol. The molecule has 5 nitrogen and oxygen atoms in total. The third-order valence-electron chi connectivity index (χ3n) is 6.76. The first-order valence-electron chi connectivity index (χ1n) is 8.30. The highest BCUT2D eigenvalue weighted by Crippen LogP contribution is 2.67. The van der Waals surface area contributed by atoms with Crippen LogP contribution in [0.1, 0.15) is 39.0 Å². The van der Waals surface area contributed by atoms with E-state index in [1.165, 1.54) is 5.57 Å². The second kappa shape index (κ2) is 3.77. The van der Waals surface area contributed by atoms with Gasteiger partial charge in [-0.3, -0.25) is 4.79 Å². The largest absolute Gasteiger partial charge is 0.508 e. The van der Waals surface area contributed by atoms with Gasteiger partial charge in [-0.1, -0.05) is 12.5 Å². The number of rotatable bonds is 0. The summed E-state index contributed by atoms with van der Waals surface area (Å²) in [5.74, 6) is 1.07. The van der Waals surface area contributed by atoms with E-state index >= 15 is 0 Å². The minimum Gasteiger partial charge on any atom is -0.508 e. The van der Waals surface area contributed by atoms with Gasteiger partial charge >= 0.3 is 0 Å². The second-order valence-corrected chi connectivity index (χ2v) is 7.60. The molecule has 118 valence electrons. The molecule has 5 aliphatic rings. The maximum absolute atomic E-state index is 12.5.